The van der Waals surface area contributed by atoms with Gasteiger partial charge >= 0.3 is 0 Å². The van der Waals surface area contributed by atoms with Crippen LogP contribution in [0, 0.1) is 6.92 Å². The van der Waals surface area contributed by atoms with E-state index in [1.807, 2.05) is 36.4 Å². The highest BCUT2D eigenvalue weighted by molar-refractivity contribution is 9.10. The van der Waals surface area contributed by atoms with E-state index < -0.39 is 0 Å². The van der Waals surface area contributed by atoms with Gasteiger partial charge in [-0.3, -0.25) is 4.79 Å². The van der Waals surface area contributed by atoms with Crippen LogP contribution in [0.2, 0.25) is 0 Å². The third-order valence-electron chi connectivity index (χ3n) is 5.78. The molecule has 1 saturated carbocycles. The van der Waals surface area contributed by atoms with Gasteiger partial charge in [0.05, 0.1) is 0 Å². The van der Waals surface area contributed by atoms with Gasteiger partial charge in [0.1, 0.15) is 17.7 Å². The molecule has 0 N–H and O–H groups in total. The molecular formula is C20H21BrN4O2. The van der Waals surface area contributed by atoms with Crippen LogP contribution in [0.4, 0.5) is 0 Å². The largest absolute Gasteiger partial charge is 0.451 e. The minimum Gasteiger partial charge on any atom is -0.451 e. The summed E-state index contributed by atoms with van der Waals surface area (Å²) in [5.41, 5.74) is 1.67. The van der Waals surface area contributed by atoms with Gasteiger partial charge in [-0.1, -0.05) is 15.9 Å². The molecule has 1 saturated heterocycles. The summed E-state index contributed by atoms with van der Waals surface area (Å²) < 4.78 is 9.11. The number of amides is 1. The topological polar surface area (TPSA) is 64.2 Å². The molecule has 7 heteroatoms. The van der Waals surface area contributed by atoms with Gasteiger partial charge in [-0.15, -0.1) is 10.2 Å². The predicted octanol–water partition coefficient (Wildman–Crippen LogP) is 4.45. The van der Waals surface area contributed by atoms with Gasteiger partial charge in [-0.05, 0) is 50.8 Å². The molecule has 3 heterocycles. The number of aromatic nitrogens is 3. The molecular weight excluding hydrogens is 408 g/mol. The second-order valence-electron chi connectivity index (χ2n) is 7.59. The Hall–Kier alpha value is -2.15. The van der Waals surface area contributed by atoms with Gasteiger partial charge in [0, 0.05) is 40.5 Å². The molecule has 3 aromatic rings. The molecule has 27 heavy (non-hydrogen) atoms. The van der Waals surface area contributed by atoms with E-state index >= 15 is 0 Å². The quantitative estimate of drug-likeness (QED) is 0.617. The van der Waals surface area contributed by atoms with Crippen molar-refractivity contribution in [2.45, 2.75) is 44.6 Å². The Morgan fingerprint density at radius 1 is 1.22 bits per heavy atom. The Labute approximate surface area is 165 Å². The minimum atomic E-state index is -0.0121. The van der Waals surface area contributed by atoms with Crippen molar-refractivity contribution in [2.75, 3.05) is 13.1 Å². The third kappa shape index (κ3) is 2.98. The number of fused-ring (bicyclic) bond motifs is 1. The lowest BCUT2D eigenvalue weighted by molar-refractivity contribution is 0.0679. The second-order valence-corrected chi connectivity index (χ2v) is 8.51. The normalized spacial score (nSPS) is 18.4. The van der Waals surface area contributed by atoms with Gasteiger partial charge in [0.25, 0.3) is 5.91 Å². The van der Waals surface area contributed by atoms with Crippen LogP contribution in [0.15, 0.2) is 33.4 Å². The van der Waals surface area contributed by atoms with Crippen LogP contribution in [-0.4, -0.2) is 38.7 Å². The first-order valence-corrected chi connectivity index (χ1v) is 10.3. The number of carbonyl (C=O) groups is 1. The SMILES string of the molecule is Cc1c(C(=O)N2CCC(c3nncn3C3CC3)CC2)oc2ccc(Br)cc12. The number of hydrogen-bond acceptors (Lipinski definition) is 4. The van der Waals surface area contributed by atoms with Crippen LogP contribution < -0.4 is 0 Å². The van der Waals surface area contributed by atoms with E-state index in [-0.39, 0.29) is 5.91 Å². The van der Waals surface area contributed by atoms with Gasteiger partial charge in [0.15, 0.2) is 5.76 Å². The number of piperidine rings is 1. The van der Waals surface area contributed by atoms with E-state index in [1.54, 1.807) is 0 Å². The summed E-state index contributed by atoms with van der Waals surface area (Å²) >= 11 is 3.49. The average molecular weight is 429 g/mol. The van der Waals surface area contributed by atoms with Gasteiger partial charge in [-0.25, -0.2) is 0 Å². The van der Waals surface area contributed by atoms with Crippen molar-refractivity contribution in [3.63, 3.8) is 0 Å². The molecule has 2 aromatic heterocycles. The lowest BCUT2D eigenvalue weighted by Crippen LogP contribution is -2.38. The summed E-state index contributed by atoms with van der Waals surface area (Å²) in [7, 11) is 0. The van der Waals surface area contributed by atoms with E-state index in [2.05, 4.69) is 30.7 Å². The summed E-state index contributed by atoms with van der Waals surface area (Å²) in [4.78, 5) is 15.0. The smallest absolute Gasteiger partial charge is 0.289 e. The zero-order valence-corrected chi connectivity index (χ0v) is 16.8. The summed E-state index contributed by atoms with van der Waals surface area (Å²) in [6.07, 6.45) is 6.15. The highest BCUT2D eigenvalue weighted by Gasteiger charge is 2.33. The van der Waals surface area contributed by atoms with E-state index in [9.17, 15) is 4.79 Å². The minimum absolute atomic E-state index is 0.0121. The van der Waals surface area contributed by atoms with E-state index in [0.717, 1.165) is 52.8 Å². The van der Waals surface area contributed by atoms with Crippen LogP contribution in [-0.2, 0) is 0 Å². The highest BCUT2D eigenvalue weighted by atomic mass is 79.9. The molecule has 0 spiro atoms. The van der Waals surface area contributed by atoms with Crippen molar-refractivity contribution < 1.29 is 9.21 Å². The molecule has 0 radical (unpaired) electrons. The van der Waals surface area contributed by atoms with Crippen molar-refractivity contribution in [3.05, 3.63) is 46.1 Å². The number of rotatable bonds is 3. The molecule has 2 aliphatic rings. The van der Waals surface area contributed by atoms with Crippen molar-refractivity contribution in [1.82, 2.24) is 19.7 Å². The van der Waals surface area contributed by atoms with Crippen LogP contribution >= 0.6 is 15.9 Å². The molecule has 2 fully saturated rings. The monoisotopic (exact) mass is 428 g/mol. The Kier molecular flexibility index (Phi) is 4.07. The number of carbonyl (C=O) groups excluding carboxylic acids is 1. The Balaban J connectivity index is 1.33. The van der Waals surface area contributed by atoms with E-state index in [1.165, 1.54) is 12.8 Å². The van der Waals surface area contributed by atoms with Crippen molar-refractivity contribution in [1.29, 1.82) is 0 Å². The Morgan fingerprint density at radius 3 is 2.74 bits per heavy atom. The maximum atomic E-state index is 13.0. The number of aryl methyl sites for hydroxylation is 1. The molecule has 6 nitrogen and oxygen atoms in total. The zero-order chi connectivity index (χ0) is 18.5. The number of hydrogen-bond donors (Lipinski definition) is 0. The molecule has 0 bridgehead atoms. The van der Waals surface area contributed by atoms with Gasteiger partial charge < -0.3 is 13.9 Å². The summed E-state index contributed by atoms with van der Waals surface area (Å²) in [6.45, 7) is 3.40. The maximum Gasteiger partial charge on any atom is 0.289 e. The molecule has 5 rings (SSSR count). The van der Waals surface area contributed by atoms with Crippen molar-refractivity contribution in [2.24, 2.45) is 0 Å². The number of furan rings is 1. The molecule has 1 aliphatic heterocycles. The van der Waals surface area contributed by atoms with Gasteiger partial charge in [-0.2, -0.15) is 0 Å². The average Bonchev–Trinajstić information content (AvgIpc) is 3.33. The molecule has 1 aliphatic carbocycles. The fourth-order valence-corrected chi connectivity index (χ4v) is 4.42. The third-order valence-corrected chi connectivity index (χ3v) is 6.27. The highest BCUT2D eigenvalue weighted by Crippen LogP contribution is 2.38. The summed E-state index contributed by atoms with van der Waals surface area (Å²) in [5, 5.41) is 9.47. The second kappa shape index (κ2) is 6.48. The first-order valence-electron chi connectivity index (χ1n) is 9.49. The fourth-order valence-electron chi connectivity index (χ4n) is 4.06. The Bertz CT molecular complexity index is 1010. The number of halogens is 1. The molecule has 0 atom stereocenters. The first kappa shape index (κ1) is 17.0. The molecule has 1 aromatic carbocycles. The van der Waals surface area contributed by atoms with Crippen molar-refractivity contribution >= 4 is 32.8 Å². The number of likely N-dealkylation sites (tertiary alicyclic amines) is 1. The zero-order valence-electron chi connectivity index (χ0n) is 15.2. The fraction of sp³-hybridized carbons (Fsp3) is 0.450. The first-order chi connectivity index (χ1) is 13.1. The number of benzene rings is 1. The summed E-state index contributed by atoms with van der Waals surface area (Å²) in [5.74, 6) is 1.92. The van der Waals surface area contributed by atoms with Gasteiger partial charge in [0.2, 0.25) is 0 Å². The van der Waals surface area contributed by atoms with Crippen LogP contribution in [0.3, 0.4) is 0 Å². The lowest BCUT2D eigenvalue weighted by atomic mass is 9.95. The Morgan fingerprint density at radius 2 is 2.00 bits per heavy atom. The number of nitrogens with zero attached hydrogens (tertiary/aromatic N) is 4. The van der Waals surface area contributed by atoms with E-state index in [0.29, 0.717) is 17.7 Å². The lowest BCUT2D eigenvalue weighted by Gasteiger charge is -2.31. The standard InChI is InChI=1S/C20H21BrN4O2/c1-12-16-10-14(21)2-5-17(16)27-18(12)20(26)24-8-6-13(7-9-24)19-23-22-11-25(19)15-3-4-15/h2,5,10-11,13,15H,3-4,6-9H2,1H3. The summed E-state index contributed by atoms with van der Waals surface area (Å²) in [6, 6.07) is 6.43. The molecule has 140 valence electrons. The van der Waals surface area contributed by atoms with Crippen LogP contribution in [0.1, 0.15) is 59.6 Å². The van der Waals surface area contributed by atoms with Crippen molar-refractivity contribution in [3.8, 4) is 0 Å². The van der Waals surface area contributed by atoms with Crippen LogP contribution in [0.5, 0.6) is 0 Å². The maximum absolute atomic E-state index is 13.0. The van der Waals surface area contributed by atoms with E-state index in [4.69, 9.17) is 4.42 Å². The molecule has 1 amide bonds. The molecule has 0 unspecified atom stereocenters. The van der Waals surface area contributed by atoms with Crippen LogP contribution in [0.25, 0.3) is 11.0 Å². The predicted molar refractivity (Wildman–Crippen MR) is 105 cm³/mol.